The SMILES string of the molecule is CCn1c(S[C@H](C)C(=O)N(C)CCC#N)nnc1-c1cccs1. The van der Waals surface area contributed by atoms with Crippen molar-refractivity contribution in [2.24, 2.45) is 0 Å². The number of hydrogen-bond donors (Lipinski definition) is 0. The molecule has 0 aliphatic carbocycles. The summed E-state index contributed by atoms with van der Waals surface area (Å²) in [6, 6.07) is 6.05. The van der Waals surface area contributed by atoms with Crippen LogP contribution in [0, 0.1) is 11.3 Å². The molecule has 0 fully saturated rings. The molecule has 23 heavy (non-hydrogen) atoms. The van der Waals surface area contributed by atoms with Gasteiger partial charge in [0, 0.05) is 20.1 Å². The number of rotatable bonds is 7. The fourth-order valence-electron chi connectivity index (χ4n) is 2.10. The van der Waals surface area contributed by atoms with E-state index in [9.17, 15) is 4.79 Å². The van der Waals surface area contributed by atoms with Gasteiger partial charge in [-0.15, -0.1) is 21.5 Å². The van der Waals surface area contributed by atoms with Crippen LogP contribution in [0.4, 0.5) is 0 Å². The summed E-state index contributed by atoms with van der Waals surface area (Å²) in [6.45, 7) is 5.08. The monoisotopic (exact) mass is 349 g/mol. The molecule has 0 aromatic carbocycles. The van der Waals surface area contributed by atoms with E-state index in [4.69, 9.17) is 5.26 Å². The van der Waals surface area contributed by atoms with Gasteiger partial charge in [0.2, 0.25) is 5.91 Å². The smallest absolute Gasteiger partial charge is 0.235 e. The first-order chi connectivity index (χ1) is 11.1. The van der Waals surface area contributed by atoms with E-state index in [0.717, 1.165) is 22.4 Å². The van der Waals surface area contributed by atoms with Crippen molar-refractivity contribution in [1.29, 1.82) is 5.26 Å². The molecule has 1 amide bonds. The Balaban J connectivity index is 2.11. The number of thiophene rings is 1. The fraction of sp³-hybridized carbons (Fsp3) is 0.467. The van der Waals surface area contributed by atoms with Crippen molar-refractivity contribution in [2.45, 2.75) is 37.2 Å². The van der Waals surface area contributed by atoms with Crippen molar-refractivity contribution in [2.75, 3.05) is 13.6 Å². The summed E-state index contributed by atoms with van der Waals surface area (Å²) in [4.78, 5) is 15.0. The standard InChI is InChI=1S/C15H19N5OS2/c1-4-20-13(12-7-5-10-22-12)17-18-15(20)23-11(2)14(21)19(3)9-6-8-16/h5,7,10-11H,4,6,9H2,1-3H3/t11-/m1/s1. The Labute approximate surface area is 144 Å². The first kappa shape index (κ1) is 17.5. The van der Waals surface area contributed by atoms with Crippen LogP contribution < -0.4 is 0 Å². The van der Waals surface area contributed by atoms with Crippen molar-refractivity contribution in [3.05, 3.63) is 17.5 Å². The van der Waals surface area contributed by atoms with Gasteiger partial charge in [-0.3, -0.25) is 4.79 Å². The van der Waals surface area contributed by atoms with E-state index in [1.807, 2.05) is 35.9 Å². The lowest BCUT2D eigenvalue weighted by molar-refractivity contribution is -0.128. The lowest BCUT2D eigenvalue weighted by Gasteiger charge is -2.19. The van der Waals surface area contributed by atoms with E-state index in [0.29, 0.717) is 13.0 Å². The van der Waals surface area contributed by atoms with E-state index < -0.39 is 0 Å². The molecule has 0 saturated heterocycles. The molecule has 8 heteroatoms. The van der Waals surface area contributed by atoms with Gasteiger partial charge in [-0.05, 0) is 25.3 Å². The number of thioether (sulfide) groups is 1. The predicted molar refractivity (Wildman–Crippen MR) is 92.2 cm³/mol. The first-order valence-electron chi connectivity index (χ1n) is 7.34. The summed E-state index contributed by atoms with van der Waals surface area (Å²) >= 11 is 3.02. The van der Waals surface area contributed by atoms with E-state index in [-0.39, 0.29) is 11.2 Å². The van der Waals surface area contributed by atoms with Crippen LogP contribution in [0.5, 0.6) is 0 Å². The third-order valence-corrected chi connectivity index (χ3v) is 5.27. The zero-order valence-electron chi connectivity index (χ0n) is 13.4. The van der Waals surface area contributed by atoms with Crippen molar-refractivity contribution >= 4 is 29.0 Å². The van der Waals surface area contributed by atoms with Crippen LogP contribution in [-0.2, 0) is 11.3 Å². The van der Waals surface area contributed by atoms with E-state index in [1.165, 1.54) is 11.8 Å². The normalized spacial score (nSPS) is 11.9. The maximum atomic E-state index is 12.3. The highest BCUT2D eigenvalue weighted by molar-refractivity contribution is 8.00. The maximum absolute atomic E-state index is 12.3. The van der Waals surface area contributed by atoms with Gasteiger partial charge >= 0.3 is 0 Å². The van der Waals surface area contributed by atoms with Gasteiger partial charge in [0.05, 0.1) is 22.6 Å². The van der Waals surface area contributed by atoms with Crippen LogP contribution in [0.25, 0.3) is 10.7 Å². The lowest BCUT2D eigenvalue weighted by Crippen LogP contribution is -2.34. The maximum Gasteiger partial charge on any atom is 0.235 e. The lowest BCUT2D eigenvalue weighted by atomic mass is 10.3. The Morgan fingerprint density at radius 1 is 1.57 bits per heavy atom. The minimum Gasteiger partial charge on any atom is -0.344 e. The molecule has 0 saturated carbocycles. The van der Waals surface area contributed by atoms with Crippen molar-refractivity contribution < 1.29 is 4.79 Å². The third-order valence-electron chi connectivity index (χ3n) is 3.34. The summed E-state index contributed by atoms with van der Waals surface area (Å²) in [7, 11) is 1.72. The summed E-state index contributed by atoms with van der Waals surface area (Å²) < 4.78 is 2.02. The summed E-state index contributed by atoms with van der Waals surface area (Å²) in [6.07, 6.45) is 0.341. The van der Waals surface area contributed by atoms with Crippen molar-refractivity contribution in [3.63, 3.8) is 0 Å². The zero-order valence-corrected chi connectivity index (χ0v) is 15.0. The van der Waals surface area contributed by atoms with Crippen LogP contribution in [0.3, 0.4) is 0 Å². The predicted octanol–water partition coefficient (Wildman–Crippen LogP) is 2.88. The highest BCUT2D eigenvalue weighted by Gasteiger charge is 2.22. The number of nitrogens with zero attached hydrogens (tertiary/aromatic N) is 5. The highest BCUT2D eigenvalue weighted by Crippen LogP contribution is 2.29. The molecule has 0 unspecified atom stereocenters. The topological polar surface area (TPSA) is 74.8 Å². The number of carbonyl (C=O) groups is 1. The Morgan fingerprint density at radius 3 is 2.96 bits per heavy atom. The third kappa shape index (κ3) is 4.12. The summed E-state index contributed by atoms with van der Waals surface area (Å²) in [5, 5.41) is 19.6. The van der Waals surface area contributed by atoms with Crippen molar-refractivity contribution in [1.82, 2.24) is 19.7 Å². The van der Waals surface area contributed by atoms with Gasteiger partial charge in [-0.2, -0.15) is 5.26 Å². The number of nitriles is 1. The average molecular weight is 349 g/mol. The molecule has 1 atom stereocenters. The molecule has 0 spiro atoms. The molecule has 0 bridgehead atoms. The van der Waals surface area contributed by atoms with Gasteiger partial charge in [-0.1, -0.05) is 17.8 Å². The average Bonchev–Trinajstić information content (AvgIpc) is 3.20. The summed E-state index contributed by atoms with van der Waals surface area (Å²) in [5.74, 6) is 0.830. The van der Waals surface area contributed by atoms with E-state index in [1.54, 1.807) is 23.3 Å². The minimum absolute atomic E-state index is 0.00595. The Hall–Kier alpha value is -1.85. The second-order valence-corrected chi connectivity index (χ2v) is 7.21. The number of amides is 1. The minimum atomic E-state index is -0.274. The van der Waals surface area contributed by atoms with Gasteiger partial charge in [0.25, 0.3) is 0 Å². The molecule has 2 rings (SSSR count). The second-order valence-electron chi connectivity index (χ2n) is 4.96. The molecule has 0 aliphatic heterocycles. The molecule has 2 aromatic rings. The van der Waals surface area contributed by atoms with Crippen LogP contribution in [0.1, 0.15) is 20.3 Å². The molecule has 2 heterocycles. The fourth-order valence-corrected chi connectivity index (χ4v) is 3.84. The van der Waals surface area contributed by atoms with Crippen LogP contribution in [0.2, 0.25) is 0 Å². The van der Waals surface area contributed by atoms with Gasteiger partial charge in [0.1, 0.15) is 0 Å². The van der Waals surface area contributed by atoms with Gasteiger partial charge in [0.15, 0.2) is 11.0 Å². The van der Waals surface area contributed by atoms with Crippen LogP contribution in [-0.4, -0.2) is 44.4 Å². The molecule has 6 nitrogen and oxygen atoms in total. The second kappa shape index (κ2) is 8.13. The number of aromatic nitrogens is 3. The highest BCUT2D eigenvalue weighted by atomic mass is 32.2. The first-order valence-corrected chi connectivity index (χ1v) is 9.10. The van der Waals surface area contributed by atoms with Crippen molar-refractivity contribution in [3.8, 4) is 16.8 Å². The Bertz CT molecular complexity index is 689. The molecule has 2 aromatic heterocycles. The summed E-state index contributed by atoms with van der Waals surface area (Å²) in [5.41, 5.74) is 0. The molecule has 122 valence electrons. The Kier molecular flexibility index (Phi) is 6.19. The van der Waals surface area contributed by atoms with Gasteiger partial charge < -0.3 is 9.47 Å². The van der Waals surface area contributed by atoms with Crippen LogP contribution >= 0.6 is 23.1 Å². The molecule has 0 N–H and O–H groups in total. The number of hydrogen-bond acceptors (Lipinski definition) is 6. The van der Waals surface area contributed by atoms with Gasteiger partial charge in [-0.25, -0.2) is 0 Å². The van der Waals surface area contributed by atoms with E-state index >= 15 is 0 Å². The number of carbonyl (C=O) groups excluding carboxylic acids is 1. The largest absolute Gasteiger partial charge is 0.344 e. The molecular weight excluding hydrogens is 330 g/mol. The molecule has 0 aliphatic rings. The molecule has 0 radical (unpaired) electrons. The zero-order chi connectivity index (χ0) is 16.8. The van der Waals surface area contributed by atoms with Crippen LogP contribution in [0.15, 0.2) is 22.7 Å². The quantitative estimate of drug-likeness (QED) is 0.719. The molecular formula is C15H19N5OS2. The Morgan fingerprint density at radius 2 is 2.35 bits per heavy atom. The van der Waals surface area contributed by atoms with E-state index in [2.05, 4.69) is 16.3 Å².